The minimum Gasteiger partial charge on any atom is -0.378 e. The zero-order chi connectivity index (χ0) is 13.4. The van der Waals surface area contributed by atoms with Crippen LogP contribution in [-0.4, -0.2) is 30.8 Å². The number of aliphatic imine (C=N–C) groups is 1. The van der Waals surface area contributed by atoms with Crippen LogP contribution in [0.3, 0.4) is 0 Å². The summed E-state index contributed by atoms with van der Waals surface area (Å²) >= 11 is 0. The second-order valence-corrected chi connectivity index (χ2v) is 6.13. The maximum Gasteiger partial charge on any atom is 0.188 e. The second-order valence-electron chi connectivity index (χ2n) is 6.13. The van der Waals surface area contributed by atoms with E-state index < -0.39 is 0 Å². The first-order valence-electron chi connectivity index (χ1n) is 7.17. The molecule has 0 spiro atoms. The largest absolute Gasteiger partial charge is 0.378 e. The van der Waals surface area contributed by atoms with Crippen molar-refractivity contribution in [3.63, 3.8) is 0 Å². The summed E-state index contributed by atoms with van der Waals surface area (Å²) in [6.07, 6.45) is 7.93. The van der Waals surface area contributed by atoms with Crippen molar-refractivity contribution in [3.8, 4) is 0 Å². The van der Waals surface area contributed by atoms with E-state index in [1.54, 1.807) is 0 Å². The second kappa shape index (κ2) is 7.62. The van der Waals surface area contributed by atoms with Gasteiger partial charge in [-0.1, -0.05) is 19.3 Å². The van der Waals surface area contributed by atoms with Gasteiger partial charge >= 0.3 is 0 Å². The molecule has 0 heterocycles. The SMILES string of the molecule is CC(C)(C)NC(N)=NCCCOC1CCCCC1. The van der Waals surface area contributed by atoms with Gasteiger partial charge in [-0.3, -0.25) is 4.99 Å². The Labute approximate surface area is 111 Å². The van der Waals surface area contributed by atoms with Gasteiger partial charge in [0.1, 0.15) is 0 Å². The third-order valence-corrected chi connectivity index (χ3v) is 2.99. The Kier molecular flexibility index (Phi) is 6.47. The molecule has 0 aromatic carbocycles. The Hall–Kier alpha value is -0.770. The molecule has 1 aliphatic carbocycles. The summed E-state index contributed by atoms with van der Waals surface area (Å²) in [4.78, 5) is 4.30. The van der Waals surface area contributed by atoms with Crippen LogP contribution < -0.4 is 11.1 Å². The summed E-state index contributed by atoms with van der Waals surface area (Å²) in [5.41, 5.74) is 5.76. The van der Waals surface area contributed by atoms with Crippen LogP contribution >= 0.6 is 0 Å². The van der Waals surface area contributed by atoms with Crippen molar-refractivity contribution in [2.24, 2.45) is 10.7 Å². The molecule has 4 heteroatoms. The van der Waals surface area contributed by atoms with Gasteiger partial charge in [-0.05, 0) is 40.0 Å². The molecule has 0 aromatic heterocycles. The van der Waals surface area contributed by atoms with Crippen LogP contribution in [0.2, 0.25) is 0 Å². The highest BCUT2D eigenvalue weighted by atomic mass is 16.5. The van der Waals surface area contributed by atoms with E-state index in [9.17, 15) is 0 Å². The average Bonchev–Trinajstić information content (AvgIpc) is 2.27. The number of nitrogens with one attached hydrogen (secondary N) is 1. The normalized spacial score (nSPS) is 18.9. The van der Waals surface area contributed by atoms with E-state index in [-0.39, 0.29) is 5.54 Å². The highest BCUT2D eigenvalue weighted by molar-refractivity contribution is 5.78. The molecule has 18 heavy (non-hydrogen) atoms. The molecule has 1 fully saturated rings. The minimum atomic E-state index is -0.0216. The number of nitrogens with two attached hydrogens (primary N) is 1. The first kappa shape index (κ1) is 15.3. The van der Waals surface area contributed by atoms with Crippen LogP contribution in [-0.2, 0) is 4.74 Å². The first-order chi connectivity index (χ1) is 8.47. The Morgan fingerprint density at radius 2 is 1.94 bits per heavy atom. The summed E-state index contributed by atoms with van der Waals surface area (Å²) in [6.45, 7) is 7.75. The van der Waals surface area contributed by atoms with Crippen LogP contribution in [0.15, 0.2) is 4.99 Å². The lowest BCUT2D eigenvalue weighted by molar-refractivity contribution is 0.0281. The molecule has 0 unspecified atom stereocenters. The Balaban J connectivity index is 2.05. The van der Waals surface area contributed by atoms with Gasteiger partial charge in [0.2, 0.25) is 0 Å². The summed E-state index contributed by atoms with van der Waals surface area (Å²) in [6, 6.07) is 0. The van der Waals surface area contributed by atoms with Crippen LogP contribution in [0.1, 0.15) is 59.3 Å². The molecule has 1 rings (SSSR count). The van der Waals surface area contributed by atoms with E-state index in [1.165, 1.54) is 32.1 Å². The van der Waals surface area contributed by atoms with Gasteiger partial charge in [-0.2, -0.15) is 0 Å². The lowest BCUT2D eigenvalue weighted by Crippen LogP contribution is -2.45. The molecule has 0 aromatic rings. The summed E-state index contributed by atoms with van der Waals surface area (Å²) < 4.78 is 5.84. The smallest absolute Gasteiger partial charge is 0.188 e. The Bertz CT molecular complexity index is 252. The van der Waals surface area contributed by atoms with Crippen molar-refractivity contribution in [1.29, 1.82) is 0 Å². The number of nitrogens with zero attached hydrogens (tertiary/aromatic N) is 1. The number of ether oxygens (including phenoxy) is 1. The van der Waals surface area contributed by atoms with Gasteiger partial charge in [0.15, 0.2) is 5.96 Å². The van der Waals surface area contributed by atoms with Crippen LogP contribution in [0.5, 0.6) is 0 Å². The van der Waals surface area contributed by atoms with Gasteiger partial charge < -0.3 is 15.8 Å². The molecule has 0 bridgehead atoms. The highest BCUT2D eigenvalue weighted by Gasteiger charge is 2.13. The summed E-state index contributed by atoms with van der Waals surface area (Å²) in [7, 11) is 0. The highest BCUT2D eigenvalue weighted by Crippen LogP contribution is 2.20. The summed E-state index contributed by atoms with van der Waals surface area (Å²) in [5.74, 6) is 0.528. The van der Waals surface area contributed by atoms with Crippen LogP contribution in [0.25, 0.3) is 0 Å². The molecule has 4 nitrogen and oxygen atoms in total. The number of rotatable bonds is 5. The van der Waals surface area contributed by atoms with E-state index in [0.29, 0.717) is 12.1 Å². The fraction of sp³-hybridized carbons (Fsp3) is 0.929. The van der Waals surface area contributed by atoms with Crippen LogP contribution in [0, 0.1) is 0 Å². The molecule has 106 valence electrons. The third kappa shape index (κ3) is 7.54. The molecule has 0 radical (unpaired) electrons. The first-order valence-corrected chi connectivity index (χ1v) is 7.17. The topological polar surface area (TPSA) is 59.6 Å². The fourth-order valence-electron chi connectivity index (χ4n) is 2.17. The van der Waals surface area contributed by atoms with Crippen molar-refractivity contribution in [2.75, 3.05) is 13.2 Å². The third-order valence-electron chi connectivity index (χ3n) is 2.99. The summed E-state index contributed by atoms with van der Waals surface area (Å²) in [5, 5.41) is 3.15. The Morgan fingerprint density at radius 3 is 2.56 bits per heavy atom. The molecule has 3 N–H and O–H groups in total. The predicted octanol–water partition coefficient (Wildman–Crippen LogP) is 2.43. The molecular weight excluding hydrogens is 226 g/mol. The molecular formula is C14H29N3O. The number of hydrogen-bond acceptors (Lipinski definition) is 2. The molecule has 0 atom stereocenters. The van der Waals surface area contributed by atoms with Gasteiger partial charge in [-0.25, -0.2) is 0 Å². The molecule has 0 amide bonds. The number of guanidine groups is 1. The minimum absolute atomic E-state index is 0.0216. The van der Waals surface area contributed by atoms with E-state index in [2.05, 4.69) is 31.1 Å². The van der Waals surface area contributed by atoms with E-state index in [1.807, 2.05) is 0 Å². The van der Waals surface area contributed by atoms with Crippen molar-refractivity contribution in [2.45, 2.75) is 70.9 Å². The van der Waals surface area contributed by atoms with Crippen molar-refractivity contribution in [1.82, 2.24) is 5.32 Å². The van der Waals surface area contributed by atoms with Crippen molar-refractivity contribution in [3.05, 3.63) is 0 Å². The van der Waals surface area contributed by atoms with Gasteiger partial charge in [0.25, 0.3) is 0 Å². The molecule has 1 aliphatic rings. The van der Waals surface area contributed by atoms with E-state index in [4.69, 9.17) is 10.5 Å². The molecule has 0 aliphatic heterocycles. The monoisotopic (exact) mass is 255 g/mol. The maximum atomic E-state index is 5.84. The molecule has 0 saturated heterocycles. The standard InChI is InChI=1S/C14H29N3O/c1-14(2,3)17-13(15)16-10-7-11-18-12-8-5-4-6-9-12/h12H,4-11H2,1-3H3,(H3,15,16,17). The van der Waals surface area contributed by atoms with Crippen molar-refractivity contribution < 1.29 is 4.74 Å². The maximum absolute atomic E-state index is 5.84. The quantitative estimate of drug-likeness (QED) is 0.450. The lowest BCUT2D eigenvalue weighted by Gasteiger charge is -2.22. The number of hydrogen-bond donors (Lipinski definition) is 2. The van der Waals surface area contributed by atoms with E-state index in [0.717, 1.165) is 19.6 Å². The van der Waals surface area contributed by atoms with Crippen LogP contribution in [0.4, 0.5) is 0 Å². The van der Waals surface area contributed by atoms with E-state index >= 15 is 0 Å². The zero-order valence-electron chi connectivity index (χ0n) is 12.2. The molecule has 1 saturated carbocycles. The van der Waals surface area contributed by atoms with Gasteiger partial charge in [-0.15, -0.1) is 0 Å². The van der Waals surface area contributed by atoms with Gasteiger partial charge in [0, 0.05) is 18.7 Å². The Morgan fingerprint density at radius 1 is 1.28 bits per heavy atom. The lowest BCUT2D eigenvalue weighted by atomic mass is 9.98. The van der Waals surface area contributed by atoms with Crippen molar-refractivity contribution >= 4 is 5.96 Å². The predicted molar refractivity (Wildman–Crippen MR) is 76.8 cm³/mol. The average molecular weight is 255 g/mol. The zero-order valence-corrected chi connectivity index (χ0v) is 12.2. The fourth-order valence-corrected chi connectivity index (χ4v) is 2.17. The van der Waals surface area contributed by atoms with Gasteiger partial charge in [0.05, 0.1) is 6.10 Å².